The predicted octanol–water partition coefficient (Wildman–Crippen LogP) is 1.89. The molecule has 0 bridgehead atoms. The van der Waals surface area contributed by atoms with Gasteiger partial charge in [0.2, 0.25) is 5.95 Å². The second kappa shape index (κ2) is 5.41. The van der Waals surface area contributed by atoms with E-state index in [1.165, 1.54) is 32.4 Å². The van der Waals surface area contributed by atoms with Crippen molar-refractivity contribution in [3.8, 4) is 0 Å². The minimum absolute atomic E-state index is 0.483. The summed E-state index contributed by atoms with van der Waals surface area (Å²) in [4.78, 5) is 13.8. The maximum absolute atomic E-state index is 5.76. The van der Waals surface area contributed by atoms with E-state index >= 15 is 0 Å². The van der Waals surface area contributed by atoms with Crippen LogP contribution < -0.4 is 4.90 Å². The van der Waals surface area contributed by atoms with Gasteiger partial charge in [-0.05, 0) is 25.8 Å². The highest BCUT2D eigenvalue weighted by molar-refractivity contribution is 6.17. The molecule has 98 valence electrons. The van der Waals surface area contributed by atoms with E-state index < -0.39 is 0 Å². The fraction of sp³-hybridized carbons (Fsp3) is 0.692. The lowest BCUT2D eigenvalue weighted by Gasteiger charge is -2.25. The summed E-state index contributed by atoms with van der Waals surface area (Å²) in [6, 6.07) is 0.698. The summed E-state index contributed by atoms with van der Waals surface area (Å²) < 4.78 is 0. The molecule has 0 spiro atoms. The molecule has 1 aromatic rings. The van der Waals surface area contributed by atoms with E-state index in [0.717, 1.165) is 24.6 Å². The summed E-state index contributed by atoms with van der Waals surface area (Å²) in [5.41, 5.74) is 0.984. The molecular weight excluding hydrogens is 248 g/mol. The van der Waals surface area contributed by atoms with Crippen molar-refractivity contribution in [2.75, 3.05) is 31.1 Å². The van der Waals surface area contributed by atoms with Crippen molar-refractivity contribution in [3.63, 3.8) is 0 Å². The largest absolute Gasteiger partial charge is 0.339 e. The molecule has 0 aliphatic carbocycles. The van der Waals surface area contributed by atoms with Gasteiger partial charge in [-0.3, -0.25) is 4.90 Å². The van der Waals surface area contributed by atoms with Crippen LogP contribution in [0.15, 0.2) is 12.4 Å². The molecule has 1 unspecified atom stereocenters. The highest BCUT2D eigenvalue weighted by Gasteiger charge is 2.29. The van der Waals surface area contributed by atoms with Crippen LogP contribution in [-0.4, -0.2) is 47.1 Å². The molecule has 5 heteroatoms. The van der Waals surface area contributed by atoms with Crippen molar-refractivity contribution < 1.29 is 0 Å². The van der Waals surface area contributed by atoms with Gasteiger partial charge in [0, 0.05) is 43.6 Å². The number of aromatic nitrogens is 2. The number of hydrogen-bond acceptors (Lipinski definition) is 4. The lowest BCUT2D eigenvalue weighted by molar-refractivity contribution is 0.273. The van der Waals surface area contributed by atoms with Gasteiger partial charge in [-0.15, -0.1) is 11.6 Å². The number of nitrogens with zero attached hydrogens (tertiary/aromatic N) is 4. The Morgan fingerprint density at radius 2 is 1.94 bits per heavy atom. The second-order valence-corrected chi connectivity index (χ2v) is 5.42. The van der Waals surface area contributed by atoms with Gasteiger partial charge in [0.25, 0.3) is 0 Å². The first-order valence-electron chi connectivity index (χ1n) is 6.72. The average Bonchev–Trinajstić information content (AvgIpc) is 2.76. The van der Waals surface area contributed by atoms with E-state index in [4.69, 9.17) is 11.6 Å². The molecule has 1 aromatic heterocycles. The zero-order valence-electron chi connectivity index (χ0n) is 10.6. The zero-order chi connectivity index (χ0) is 12.4. The molecule has 2 aliphatic rings. The average molecular weight is 267 g/mol. The number of fused-ring (bicyclic) bond motifs is 1. The summed E-state index contributed by atoms with van der Waals surface area (Å²) in [7, 11) is 0. The summed E-state index contributed by atoms with van der Waals surface area (Å²) in [5.74, 6) is 1.34. The minimum Gasteiger partial charge on any atom is -0.339 e. The van der Waals surface area contributed by atoms with Gasteiger partial charge in [0.05, 0.1) is 5.88 Å². The summed E-state index contributed by atoms with van der Waals surface area (Å²) in [5, 5.41) is 0. The number of anilines is 1. The Bertz CT molecular complexity index is 394. The van der Waals surface area contributed by atoms with Crippen molar-refractivity contribution in [1.29, 1.82) is 0 Å². The first-order chi connectivity index (χ1) is 8.86. The van der Waals surface area contributed by atoms with Gasteiger partial charge in [-0.1, -0.05) is 0 Å². The lowest BCUT2D eigenvalue weighted by Crippen LogP contribution is -2.37. The van der Waals surface area contributed by atoms with Crippen molar-refractivity contribution in [2.45, 2.75) is 31.2 Å². The Balaban J connectivity index is 1.74. The van der Waals surface area contributed by atoms with E-state index in [-0.39, 0.29) is 0 Å². The SMILES string of the molecule is ClCc1cnc(N2CCCN3CCCC3C2)nc1. The number of rotatable bonds is 2. The fourth-order valence-corrected chi connectivity index (χ4v) is 3.11. The fourth-order valence-electron chi connectivity index (χ4n) is 2.97. The van der Waals surface area contributed by atoms with Crippen LogP contribution in [0.25, 0.3) is 0 Å². The summed E-state index contributed by atoms with van der Waals surface area (Å²) in [6.45, 7) is 4.62. The number of hydrogen-bond donors (Lipinski definition) is 0. The van der Waals surface area contributed by atoms with Crippen LogP contribution in [0, 0.1) is 0 Å². The quantitative estimate of drug-likeness (QED) is 0.766. The molecule has 1 atom stereocenters. The third-order valence-electron chi connectivity index (χ3n) is 3.93. The van der Waals surface area contributed by atoms with Crippen LogP contribution in [0.5, 0.6) is 0 Å². The summed E-state index contributed by atoms with van der Waals surface area (Å²) in [6.07, 6.45) is 7.54. The molecule has 4 nitrogen and oxygen atoms in total. The molecule has 0 aromatic carbocycles. The molecule has 3 heterocycles. The van der Waals surface area contributed by atoms with E-state index in [2.05, 4.69) is 19.8 Å². The van der Waals surface area contributed by atoms with Gasteiger partial charge in [-0.2, -0.15) is 0 Å². The first kappa shape index (κ1) is 12.2. The second-order valence-electron chi connectivity index (χ2n) is 5.16. The number of halogens is 1. The van der Waals surface area contributed by atoms with E-state index in [0.29, 0.717) is 11.9 Å². The lowest BCUT2D eigenvalue weighted by atomic mass is 10.2. The molecular formula is C13H19ClN4. The maximum Gasteiger partial charge on any atom is 0.225 e. The van der Waals surface area contributed by atoms with Gasteiger partial charge in [0.1, 0.15) is 0 Å². The molecule has 0 N–H and O–H groups in total. The van der Waals surface area contributed by atoms with Crippen LogP contribution in [0.3, 0.4) is 0 Å². The van der Waals surface area contributed by atoms with Crippen LogP contribution in [0.4, 0.5) is 5.95 Å². The molecule has 2 fully saturated rings. The third kappa shape index (κ3) is 2.45. The van der Waals surface area contributed by atoms with Gasteiger partial charge < -0.3 is 4.90 Å². The monoisotopic (exact) mass is 266 g/mol. The van der Waals surface area contributed by atoms with Gasteiger partial charge in [0.15, 0.2) is 0 Å². The van der Waals surface area contributed by atoms with Crippen LogP contribution in [0.1, 0.15) is 24.8 Å². The number of alkyl halides is 1. The van der Waals surface area contributed by atoms with E-state index in [1.807, 2.05) is 12.4 Å². The van der Waals surface area contributed by atoms with Gasteiger partial charge in [-0.25, -0.2) is 9.97 Å². The Morgan fingerprint density at radius 1 is 1.17 bits per heavy atom. The van der Waals surface area contributed by atoms with Crippen molar-refractivity contribution in [2.24, 2.45) is 0 Å². The molecule has 0 radical (unpaired) electrons. The topological polar surface area (TPSA) is 32.3 Å². The smallest absolute Gasteiger partial charge is 0.225 e. The standard InChI is InChI=1S/C13H19ClN4/c14-7-11-8-15-13(16-9-11)18-6-2-5-17-4-1-3-12(17)10-18/h8-9,12H,1-7,10H2. The Morgan fingerprint density at radius 3 is 2.72 bits per heavy atom. The Labute approximate surface area is 113 Å². The molecule has 18 heavy (non-hydrogen) atoms. The van der Waals surface area contributed by atoms with Crippen molar-refractivity contribution >= 4 is 17.5 Å². The van der Waals surface area contributed by atoms with Crippen LogP contribution >= 0.6 is 11.6 Å². The molecule has 0 saturated carbocycles. The Kier molecular flexibility index (Phi) is 3.66. The maximum atomic E-state index is 5.76. The van der Waals surface area contributed by atoms with Crippen molar-refractivity contribution in [1.82, 2.24) is 14.9 Å². The highest BCUT2D eigenvalue weighted by atomic mass is 35.5. The predicted molar refractivity (Wildman–Crippen MR) is 73.0 cm³/mol. The van der Waals surface area contributed by atoms with E-state index in [1.54, 1.807) is 0 Å². The van der Waals surface area contributed by atoms with Gasteiger partial charge >= 0.3 is 0 Å². The third-order valence-corrected chi connectivity index (χ3v) is 4.24. The molecule has 2 aliphatic heterocycles. The molecule has 0 amide bonds. The zero-order valence-corrected chi connectivity index (χ0v) is 11.3. The van der Waals surface area contributed by atoms with E-state index in [9.17, 15) is 0 Å². The molecule has 3 rings (SSSR count). The normalized spacial score (nSPS) is 24.9. The van der Waals surface area contributed by atoms with Crippen molar-refractivity contribution in [3.05, 3.63) is 18.0 Å². The minimum atomic E-state index is 0.483. The first-order valence-corrected chi connectivity index (χ1v) is 7.26. The van der Waals surface area contributed by atoms with Crippen LogP contribution in [0.2, 0.25) is 0 Å². The summed E-state index contributed by atoms with van der Waals surface area (Å²) >= 11 is 5.76. The highest BCUT2D eigenvalue weighted by Crippen LogP contribution is 2.23. The van der Waals surface area contributed by atoms with Crippen LogP contribution in [-0.2, 0) is 5.88 Å². The molecule has 2 saturated heterocycles. The Hall–Kier alpha value is -0.870.